The molecule has 0 fully saturated rings. The third-order valence-corrected chi connectivity index (χ3v) is 5.52. The molecule has 0 bridgehead atoms. The van der Waals surface area contributed by atoms with E-state index in [1.807, 2.05) is 54.6 Å². The average Bonchev–Trinajstić information content (AvgIpc) is 3.16. The van der Waals surface area contributed by atoms with Gasteiger partial charge in [0.2, 0.25) is 5.71 Å². The minimum atomic E-state index is 0.603. The number of hydrogen-bond donors (Lipinski definition) is 0. The first-order valence-electron chi connectivity index (χ1n) is 9.01. The number of aromatic nitrogens is 2. The van der Waals surface area contributed by atoms with Crippen LogP contribution in [0.5, 0.6) is 0 Å². The summed E-state index contributed by atoms with van der Waals surface area (Å²) in [5.74, 6) is 0.817. The van der Waals surface area contributed by atoms with Crippen LogP contribution < -0.4 is 0 Å². The molecule has 2 heterocycles. The molecule has 0 aliphatic rings. The van der Waals surface area contributed by atoms with Crippen LogP contribution in [0.3, 0.4) is 0 Å². The fourth-order valence-corrected chi connectivity index (χ4v) is 4.17. The molecule has 0 spiro atoms. The van der Waals surface area contributed by atoms with E-state index in [0.717, 1.165) is 37.8 Å². The Morgan fingerprint density at radius 3 is 1.93 bits per heavy atom. The Bertz CT molecular complexity index is 1220. The number of rotatable bonds is 4. The van der Waals surface area contributed by atoms with Crippen LogP contribution in [0.25, 0.3) is 33.6 Å². The van der Waals surface area contributed by atoms with E-state index in [2.05, 4.69) is 46.4 Å². The largest absolute Gasteiger partial charge is 0.437 e. The van der Waals surface area contributed by atoms with Crippen molar-refractivity contribution in [2.24, 2.45) is 0 Å². The first-order chi connectivity index (χ1) is 13.9. The van der Waals surface area contributed by atoms with Crippen LogP contribution in [0.4, 0.5) is 0 Å². The molecule has 0 amide bonds. The van der Waals surface area contributed by atoms with Crippen LogP contribution in [-0.2, 0) is 0 Å². The third kappa shape index (κ3) is 3.08. The van der Waals surface area contributed by atoms with Crippen molar-refractivity contribution >= 4 is 22.9 Å². The minimum Gasteiger partial charge on any atom is -0.437 e. The maximum absolute atomic E-state index is 6.25. The summed E-state index contributed by atoms with van der Waals surface area (Å²) in [6.45, 7) is 0. The molecule has 0 unspecified atom stereocenters. The fraction of sp³-hybridized carbons (Fsp3) is 0. The van der Waals surface area contributed by atoms with Gasteiger partial charge in [0, 0.05) is 16.0 Å². The van der Waals surface area contributed by atoms with Gasteiger partial charge >= 0.3 is 0 Å². The van der Waals surface area contributed by atoms with E-state index in [4.69, 9.17) is 4.42 Å². The first kappa shape index (κ1) is 16.8. The van der Waals surface area contributed by atoms with E-state index < -0.39 is 0 Å². The van der Waals surface area contributed by atoms with Gasteiger partial charge in [-0.2, -0.15) is 0 Å². The molecule has 5 aromatic rings. The standard InChI is InChI=1S/C24H16N2OS/c1-4-10-17(11-5-1)20-21-23(27-22(20)18-12-6-2-7-13-18)25-16-26-24(21)28-19-14-8-3-9-15-19/h1-16H. The van der Waals surface area contributed by atoms with Gasteiger partial charge in [-0.05, 0) is 17.7 Å². The summed E-state index contributed by atoms with van der Waals surface area (Å²) in [6.07, 6.45) is 1.57. The topological polar surface area (TPSA) is 38.9 Å². The van der Waals surface area contributed by atoms with Crippen molar-refractivity contribution in [3.05, 3.63) is 97.3 Å². The summed E-state index contributed by atoms with van der Waals surface area (Å²) in [5.41, 5.74) is 3.74. The minimum absolute atomic E-state index is 0.603. The Morgan fingerprint density at radius 1 is 0.643 bits per heavy atom. The van der Waals surface area contributed by atoms with Gasteiger partial charge in [0.05, 0.1) is 5.39 Å². The number of hydrogen-bond acceptors (Lipinski definition) is 4. The van der Waals surface area contributed by atoms with Crippen molar-refractivity contribution in [2.45, 2.75) is 9.92 Å². The molecule has 3 aromatic carbocycles. The van der Waals surface area contributed by atoms with E-state index in [-0.39, 0.29) is 0 Å². The van der Waals surface area contributed by atoms with Gasteiger partial charge < -0.3 is 4.42 Å². The van der Waals surface area contributed by atoms with E-state index in [1.165, 1.54) is 0 Å². The molecular weight excluding hydrogens is 364 g/mol. The molecule has 2 aromatic heterocycles. The van der Waals surface area contributed by atoms with Crippen molar-refractivity contribution in [1.82, 2.24) is 9.97 Å². The lowest BCUT2D eigenvalue weighted by molar-refractivity contribution is 0.617. The second kappa shape index (κ2) is 7.33. The molecule has 0 N–H and O–H groups in total. The zero-order valence-corrected chi connectivity index (χ0v) is 15.8. The van der Waals surface area contributed by atoms with Crippen LogP contribution in [0.1, 0.15) is 0 Å². The Labute approximate surface area is 167 Å². The van der Waals surface area contributed by atoms with Crippen molar-refractivity contribution in [3.8, 4) is 22.5 Å². The van der Waals surface area contributed by atoms with Crippen molar-refractivity contribution < 1.29 is 4.42 Å². The number of furan rings is 1. The van der Waals surface area contributed by atoms with Crippen molar-refractivity contribution in [1.29, 1.82) is 0 Å². The van der Waals surface area contributed by atoms with E-state index in [9.17, 15) is 0 Å². The van der Waals surface area contributed by atoms with Crippen LogP contribution in [0.15, 0.2) is 112 Å². The van der Waals surface area contributed by atoms with E-state index in [0.29, 0.717) is 5.71 Å². The van der Waals surface area contributed by atoms with Gasteiger partial charge in [-0.1, -0.05) is 90.6 Å². The van der Waals surface area contributed by atoms with E-state index in [1.54, 1.807) is 18.1 Å². The molecule has 4 heteroatoms. The maximum Gasteiger partial charge on any atom is 0.231 e. The van der Waals surface area contributed by atoms with Crippen LogP contribution in [0.2, 0.25) is 0 Å². The molecule has 3 nitrogen and oxygen atoms in total. The monoisotopic (exact) mass is 380 g/mol. The fourth-order valence-electron chi connectivity index (χ4n) is 3.26. The lowest BCUT2D eigenvalue weighted by Crippen LogP contribution is -1.86. The highest BCUT2D eigenvalue weighted by Gasteiger charge is 2.22. The van der Waals surface area contributed by atoms with E-state index >= 15 is 0 Å². The predicted octanol–water partition coefficient (Wildman–Crippen LogP) is 6.71. The summed E-state index contributed by atoms with van der Waals surface area (Å²) < 4.78 is 6.25. The molecular formula is C24H16N2OS. The SMILES string of the molecule is c1ccc(Sc2ncnc3oc(-c4ccccc4)c(-c4ccccc4)c23)cc1. The summed E-state index contributed by atoms with van der Waals surface area (Å²) in [6, 6.07) is 30.7. The quantitative estimate of drug-likeness (QED) is 0.325. The summed E-state index contributed by atoms with van der Waals surface area (Å²) in [4.78, 5) is 10.1. The second-order valence-electron chi connectivity index (χ2n) is 6.31. The maximum atomic E-state index is 6.25. The lowest BCUT2D eigenvalue weighted by atomic mass is 10.00. The van der Waals surface area contributed by atoms with Gasteiger partial charge in [0.25, 0.3) is 0 Å². The van der Waals surface area contributed by atoms with Crippen LogP contribution >= 0.6 is 11.8 Å². The zero-order valence-electron chi connectivity index (χ0n) is 14.9. The van der Waals surface area contributed by atoms with Gasteiger partial charge in [-0.3, -0.25) is 0 Å². The molecule has 0 saturated carbocycles. The molecule has 134 valence electrons. The van der Waals surface area contributed by atoms with Crippen molar-refractivity contribution in [3.63, 3.8) is 0 Å². The number of nitrogens with zero attached hydrogens (tertiary/aromatic N) is 2. The van der Waals surface area contributed by atoms with Gasteiger partial charge in [-0.15, -0.1) is 0 Å². The zero-order chi connectivity index (χ0) is 18.8. The Morgan fingerprint density at radius 2 is 1.25 bits per heavy atom. The van der Waals surface area contributed by atoms with Gasteiger partial charge in [0.1, 0.15) is 17.1 Å². The number of benzene rings is 3. The Balaban J connectivity index is 1.78. The summed E-state index contributed by atoms with van der Waals surface area (Å²) in [5, 5.41) is 1.84. The molecule has 0 aliphatic carbocycles. The van der Waals surface area contributed by atoms with Crippen molar-refractivity contribution in [2.75, 3.05) is 0 Å². The highest BCUT2D eigenvalue weighted by molar-refractivity contribution is 7.99. The first-order valence-corrected chi connectivity index (χ1v) is 9.83. The average molecular weight is 380 g/mol. The Kier molecular flexibility index (Phi) is 4.39. The lowest BCUT2D eigenvalue weighted by Gasteiger charge is -2.06. The molecule has 28 heavy (non-hydrogen) atoms. The smallest absolute Gasteiger partial charge is 0.231 e. The summed E-state index contributed by atoms with van der Waals surface area (Å²) in [7, 11) is 0. The van der Waals surface area contributed by atoms with Gasteiger partial charge in [0.15, 0.2) is 0 Å². The van der Waals surface area contributed by atoms with Crippen LogP contribution in [-0.4, -0.2) is 9.97 Å². The molecule has 0 atom stereocenters. The van der Waals surface area contributed by atoms with Gasteiger partial charge in [-0.25, -0.2) is 9.97 Å². The summed E-state index contributed by atoms with van der Waals surface area (Å²) >= 11 is 1.62. The highest BCUT2D eigenvalue weighted by atomic mass is 32.2. The molecule has 0 radical (unpaired) electrons. The normalized spacial score (nSPS) is 11.0. The third-order valence-electron chi connectivity index (χ3n) is 4.51. The molecule has 0 aliphatic heterocycles. The second-order valence-corrected chi connectivity index (χ2v) is 7.37. The Hall–Kier alpha value is -3.37. The molecule has 0 saturated heterocycles. The number of fused-ring (bicyclic) bond motifs is 1. The highest BCUT2D eigenvalue weighted by Crippen LogP contribution is 2.44. The predicted molar refractivity (Wildman–Crippen MR) is 113 cm³/mol. The van der Waals surface area contributed by atoms with Crippen LogP contribution in [0, 0.1) is 0 Å². The molecule has 5 rings (SSSR count).